The normalized spacial score (nSPS) is 23.9. The quantitative estimate of drug-likeness (QED) is 0.927. The Labute approximate surface area is 134 Å². The van der Waals surface area contributed by atoms with Crippen LogP contribution in [-0.2, 0) is 4.74 Å². The number of nitriles is 1. The Morgan fingerprint density at radius 3 is 3.04 bits per heavy atom. The molecular weight excluding hydrogens is 292 g/mol. The molecule has 0 unspecified atom stereocenters. The number of aromatic amines is 1. The third-order valence-corrected chi connectivity index (χ3v) is 4.56. The highest BCUT2D eigenvalue weighted by atomic mass is 16.5. The van der Waals surface area contributed by atoms with Crippen molar-refractivity contribution in [1.82, 2.24) is 20.2 Å². The molecule has 1 aliphatic heterocycles. The van der Waals surface area contributed by atoms with Gasteiger partial charge < -0.3 is 9.64 Å². The Kier molecular flexibility index (Phi) is 3.46. The number of aromatic nitrogens is 4. The van der Waals surface area contributed by atoms with Crippen molar-refractivity contribution in [2.75, 3.05) is 18.6 Å². The molecule has 0 radical (unpaired) electrons. The average molecular weight is 310 g/mol. The highest BCUT2D eigenvalue weighted by molar-refractivity contribution is 5.51. The molecule has 2 aliphatic rings. The fourth-order valence-corrected chi connectivity index (χ4v) is 3.13. The van der Waals surface area contributed by atoms with Crippen LogP contribution in [0.5, 0.6) is 0 Å². The predicted molar refractivity (Wildman–Crippen MR) is 82.8 cm³/mol. The van der Waals surface area contributed by atoms with Gasteiger partial charge in [-0.3, -0.25) is 5.10 Å². The fourth-order valence-electron chi connectivity index (χ4n) is 3.13. The summed E-state index contributed by atoms with van der Waals surface area (Å²) in [6, 6.07) is 5.90. The monoisotopic (exact) mass is 310 g/mol. The number of hydrogen-bond acceptors (Lipinski definition) is 6. The molecule has 4 rings (SSSR count). The topological polar surface area (TPSA) is 90.7 Å². The summed E-state index contributed by atoms with van der Waals surface area (Å²) in [4.78, 5) is 11.0. The number of pyridine rings is 1. The first-order valence-electron chi connectivity index (χ1n) is 7.86. The van der Waals surface area contributed by atoms with Gasteiger partial charge in [-0.25, -0.2) is 9.97 Å². The second-order valence-electron chi connectivity index (χ2n) is 6.13. The lowest BCUT2D eigenvalue weighted by Crippen LogP contribution is -2.25. The Morgan fingerprint density at radius 2 is 2.30 bits per heavy atom. The molecule has 2 fully saturated rings. The second-order valence-corrected chi connectivity index (χ2v) is 6.13. The fraction of sp³-hybridized carbons (Fsp3) is 0.500. The number of nitrogens with one attached hydrogen (secondary N) is 1. The molecule has 7 nitrogen and oxygen atoms in total. The summed E-state index contributed by atoms with van der Waals surface area (Å²) < 4.78 is 5.55. The van der Waals surface area contributed by atoms with Crippen LogP contribution in [0.15, 0.2) is 18.3 Å². The van der Waals surface area contributed by atoms with Crippen molar-refractivity contribution in [1.29, 1.82) is 5.26 Å². The molecule has 3 heterocycles. The van der Waals surface area contributed by atoms with Crippen molar-refractivity contribution >= 4 is 5.69 Å². The van der Waals surface area contributed by atoms with Crippen molar-refractivity contribution in [2.24, 2.45) is 0 Å². The van der Waals surface area contributed by atoms with E-state index in [0.717, 1.165) is 30.3 Å². The number of rotatable bonds is 4. The number of hydrogen-bond donors (Lipinski definition) is 1. The predicted octanol–water partition coefficient (Wildman–Crippen LogP) is 1.92. The highest BCUT2D eigenvalue weighted by Crippen LogP contribution is 2.40. The molecule has 2 aromatic heterocycles. The van der Waals surface area contributed by atoms with Gasteiger partial charge in [0.15, 0.2) is 5.82 Å². The summed E-state index contributed by atoms with van der Waals surface area (Å²) in [5.41, 5.74) is 1.38. The molecule has 0 amide bonds. The van der Waals surface area contributed by atoms with Crippen molar-refractivity contribution in [2.45, 2.75) is 37.3 Å². The largest absolute Gasteiger partial charge is 0.380 e. The number of methoxy groups -OCH3 is 1. The third kappa shape index (κ3) is 2.66. The maximum atomic E-state index is 9.07. The van der Waals surface area contributed by atoms with E-state index in [2.05, 4.69) is 26.2 Å². The van der Waals surface area contributed by atoms with Gasteiger partial charge in [-0.05, 0) is 25.0 Å². The number of nitrogens with zero attached hydrogens (tertiary/aromatic N) is 5. The molecule has 23 heavy (non-hydrogen) atoms. The van der Waals surface area contributed by atoms with Crippen LogP contribution in [0.4, 0.5) is 5.69 Å². The van der Waals surface area contributed by atoms with E-state index in [1.807, 2.05) is 12.1 Å². The van der Waals surface area contributed by atoms with Crippen molar-refractivity contribution in [3.05, 3.63) is 35.7 Å². The van der Waals surface area contributed by atoms with Crippen LogP contribution in [0.25, 0.3) is 0 Å². The summed E-state index contributed by atoms with van der Waals surface area (Å²) in [7, 11) is 1.73. The summed E-state index contributed by atoms with van der Waals surface area (Å²) in [5.74, 6) is 2.33. The average Bonchev–Trinajstić information content (AvgIpc) is 3.17. The SMILES string of the molecule is CO[C@@H]1C[C@@H](c2nc(C3CC3)n[nH]2)N(c2ccnc(C#N)c2)C1. The van der Waals surface area contributed by atoms with Crippen molar-refractivity contribution < 1.29 is 4.74 Å². The van der Waals surface area contributed by atoms with Gasteiger partial charge in [0.2, 0.25) is 0 Å². The van der Waals surface area contributed by atoms with E-state index in [-0.39, 0.29) is 12.1 Å². The summed E-state index contributed by atoms with van der Waals surface area (Å²) in [5, 5.41) is 16.5. The zero-order valence-electron chi connectivity index (χ0n) is 12.9. The molecule has 0 aromatic carbocycles. The minimum atomic E-state index is 0.0777. The molecule has 1 N–H and O–H groups in total. The van der Waals surface area contributed by atoms with Gasteiger partial charge in [0.05, 0.1) is 12.1 Å². The molecule has 1 saturated heterocycles. The molecule has 0 bridgehead atoms. The Morgan fingerprint density at radius 1 is 1.43 bits per heavy atom. The van der Waals surface area contributed by atoms with Gasteiger partial charge in [0.25, 0.3) is 0 Å². The van der Waals surface area contributed by atoms with Gasteiger partial charge in [-0.1, -0.05) is 0 Å². The van der Waals surface area contributed by atoms with Crippen LogP contribution in [-0.4, -0.2) is 39.9 Å². The van der Waals surface area contributed by atoms with E-state index in [0.29, 0.717) is 11.6 Å². The molecule has 1 saturated carbocycles. The van der Waals surface area contributed by atoms with Crippen molar-refractivity contribution in [3.63, 3.8) is 0 Å². The lowest BCUT2D eigenvalue weighted by atomic mass is 10.2. The number of anilines is 1. The van der Waals surface area contributed by atoms with Crippen LogP contribution in [0.2, 0.25) is 0 Å². The van der Waals surface area contributed by atoms with Crippen LogP contribution < -0.4 is 4.90 Å². The summed E-state index contributed by atoms with van der Waals surface area (Å²) in [6.07, 6.45) is 5.01. The third-order valence-electron chi connectivity index (χ3n) is 4.56. The highest BCUT2D eigenvalue weighted by Gasteiger charge is 2.37. The van der Waals surface area contributed by atoms with Crippen LogP contribution in [0.3, 0.4) is 0 Å². The minimum absolute atomic E-state index is 0.0777. The molecule has 0 spiro atoms. The number of ether oxygens (including phenoxy) is 1. The van der Waals surface area contributed by atoms with Crippen molar-refractivity contribution in [3.8, 4) is 6.07 Å². The Hall–Kier alpha value is -2.46. The maximum absolute atomic E-state index is 9.07. The van der Waals surface area contributed by atoms with Crippen LogP contribution >= 0.6 is 0 Å². The first-order chi connectivity index (χ1) is 11.3. The second kappa shape index (κ2) is 5.63. The van der Waals surface area contributed by atoms with E-state index in [1.54, 1.807) is 13.3 Å². The van der Waals surface area contributed by atoms with Gasteiger partial charge in [0, 0.05) is 37.9 Å². The van der Waals surface area contributed by atoms with Gasteiger partial charge >= 0.3 is 0 Å². The minimum Gasteiger partial charge on any atom is -0.380 e. The Bertz CT molecular complexity index is 747. The van der Waals surface area contributed by atoms with Gasteiger partial charge in [-0.2, -0.15) is 10.4 Å². The molecule has 1 aliphatic carbocycles. The van der Waals surface area contributed by atoms with Gasteiger partial charge in [0.1, 0.15) is 17.6 Å². The molecule has 118 valence electrons. The molecule has 7 heteroatoms. The smallest absolute Gasteiger partial charge is 0.153 e. The molecular formula is C16H18N6O. The van der Waals surface area contributed by atoms with E-state index in [4.69, 9.17) is 15.0 Å². The van der Waals surface area contributed by atoms with E-state index in [9.17, 15) is 0 Å². The van der Waals surface area contributed by atoms with Crippen LogP contribution in [0, 0.1) is 11.3 Å². The van der Waals surface area contributed by atoms with E-state index in [1.165, 1.54) is 12.8 Å². The first kappa shape index (κ1) is 14.2. The van der Waals surface area contributed by atoms with E-state index >= 15 is 0 Å². The molecule has 2 aromatic rings. The summed E-state index contributed by atoms with van der Waals surface area (Å²) in [6.45, 7) is 0.759. The first-order valence-corrected chi connectivity index (χ1v) is 7.86. The summed E-state index contributed by atoms with van der Waals surface area (Å²) >= 11 is 0. The zero-order valence-corrected chi connectivity index (χ0v) is 12.9. The maximum Gasteiger partial charge on any atom is 0.153 e. The molecule has 2 atom stereocenters. The standard InChI is InChI=1S/C16H18N6O/c1-23-13-7-14(16-19-15(20-21-16)10-2-3-10)22(9-13)12-4-5-18-11(6-12)8-17/h4-6,10,13-14H,2-3,7,9H2,1H3,(H,19,20,21)/t13-,14+/m1/s1. The van der Waals surface area contributed by atoms with Crippen LogP contribution in [0.1, 0.15) is 48.6 Å². The number of H-pyrrole nitrogens is 1. The van der Waals surface area contributed by atoms with E-state index < -0.39 is 0 Å². The lowest BCUT2D eigenvalue weighted by Gasteiger charge is -2.24. The zero-order chi connectivity index (χ0) is 15.8. The Balaban J connectivity index is 1.65. The van der Waals surface area contributed by atoms with Gasteiger partial charge in [-0.15, -0.1) is 0 Å². The lowest BCUT2D eigenvalue weighted by molar-refractivity contribution is 0.118.